The molecule has 0 unspecified atom stereocenters. The lowest BCUT2D eigenvalue weighted by Crippen LogP contribution is -2.30. The Bertz CT molecular complexity index is 214. The molecule has 1 rings (SSSR count). The molecule has 2 nitrogen and oxygen atoms in total. The summed E-state index contributed by atoms with van der Waals surface area (Å²) in [6, 6.07) is 0. The van der Waals surface area contributed by atoms with Crippen LogP contribution in [0, 0.1) is 5.41 Å². The van der Waals surface area contributed by atoms with Crippen molar-refractivity contribution in [1.82, 2.24) is 0 Å². The van der Waals surface area contributed by atoms with Gasteiger partial charge in [-0.3, -0.25) is 0 Å². The summed E-state index contributed by atoms with van der Waals surface area (Å²) < 4.78 is 22.1. The molecule has 0 spiro atoms. The van der Waals surface area contributed by atoms with E-state index in [1.807, 2.05) is 0 Å². The molecule has 11 heavy (non-hydrogen) atoms. The number of hydrogen-bond acceptors (Lipinski definition) is 2. The van der Waals surface area contributed by atoms with Gasteiger partial charge in [0.05, 0.1) is 11.5 Å². The minimum Gasteiger partial charge on any atom is -0.229 e. The predicted octanol–water partition coefficient (Wildman–Crippen LogP) is 1.61. The average molecular weight is 176 g/mol. The molecule has 0 atom stereocenters. The molecular weight excluding hydrogens is 160 g/mol. The summed E-state index contributed by atoms with van der Waals surface area (Å²) in [5.41, 5.74) is 0.297. The van der Waals surface area contributed by atoms with E-state index in [-0.39, 0.29) is 0 Å². The van der Waals surface area contributed by atoms with Crippen molar-refractivity contribution in [3.8, 4) is 0 Å². The maximum atomic E-state index is 11.1. The minimum atomic E-state index is -2.66. The van der Waals surface area contributed by atoms with Gasteiger partial charge in [0.1, 0.15) is 9.84 Å². The van der Waals surface area contributed by atoms with Gasteiger partial charge in [0.25, 0.3) is 0 Å². The number of rotatable bonds is 1. The van der Waals surface area contributed by atoms with Crippen molar-refractivity contribution in [2.45, 2.75) is 33.1 Å². The second-order valence-corrected chi connectivity index (χ2v) is 6.12. The van der Waals surface area contributed by atoms with Crippen LogP contribution in [0.2, 0.25) is 0 Å². The van der Waals surface area contributed by atoms with Gasteiger partial charge in [-0.15, -0.1) is 0 Å². The summed E-state index contributed by atoms with van der Waals surface area (Å²) in [5, 5.41) is 0. The van der Waals surface area contributed by atoms with E-state index in [1.54, 1.807) is 0 Å². The van der Waals surface area contributed by atoms with Gasteiger partial charge < -0.3 is 0 Å². The molecule has 0 saturated carbocycles. The largest absolute Gasteiger partial charge is 0.229 e. The van der Waals surface area contributed by atoms with Crippen LogP contribution in [0.25, 0.3) is 0 Å². The first-order chi connectivity index (χ1) is 4.97. The highest BCUT2D eigenvalue weighted by atomic mass is 32.2. The predicted molar refractivity (Wildman–Crippen MR) is 46.3 cm³/mol. The van der Waals surface area contributed by atoms with Crippen LogP contribution in [0.3, 0.4) is 0 Å². The van der Waals surface area contributed by atoms with E-state index in [0.717, 1.165) is 19.3 Å². The van der Waals surface area contributed by atoms with E-state index in [4.69, 9.17) is 0 Å². The van der Waals surface area contributed by atoms with E-state index in [2.05, 4.69) is 13.8 Å². The Labute approximate surface area is 68.9 Å². The molecule has 1 aliphatic rings. The zero-order chi connectivity index (χ0) is 8.54. The third-order valence-electron chi connectivity index (χ3n) is 2.89. The van der Waals surface area contributed by atoms with Gasteiger partial charge in [-0.05, 0) is 18.3 Å². The second-order valence-electron chi connectivity index (χ2n) is 3.82. The maximum absolute atomic E-state index is 11.1. The summed E-state index contributed by atoms with van der Waals surface area (Å²) in [6.45, 7) is 4.32. The summed E-state index contributed by atoms with van der Waals surface area (Å²) >= 11 is 0. The molecule has 1 heterocycles. The van der Waals surface area contributed by atoms with Gasteiger partial charge in [0.2, 0.25) is 0 Å². The maximum Gasteiger partial charge on any atom is 0.150 e. The number of hydrogen-bond donors (Lipinski definition) is 0. The van der Waals surface area contributed by atoms with Gasteiger partial charge in [0, 0.05) is 0 Å². The second kappa shape index (κ2) is 2.77. The third kappa shape index (κ3) is 2.19. The SMILES string of the molecule is CCC1(C)CCS(=O)(=O)CC1. The van der Waals surface area contributed by atoms with Crippen LogP contribution in [0.5, 0.6) is 0 Å². The lowest BCUT2D eigenvalue weighted by Gasteiger charge is -2.31. The standard InChI is InChI=1S/C8H16O2S/c1-3-8(2)4-6-11(9,10)7-5-8/h3-7H2,1-2H3. The van der Waals surface area contributed by atoms with E-state index in [9.17, 15) is 8.42 Å². The highest BCUT2D eigenvalue weighted by molar-refractivity contribution is 7.91. The van der Waals surface area contributed by atoms with Crippen molar-refractivity contribution in [2.75, 3.05) is 11.5 Å². The smallest absolute Gasteiger partial charge is 0.150 e. The molecule has 66 valence electrons. The number of sulfone groups is 1. The summed E-state index contributed by atoms with van der Waals surface area (Å²) in [6.07, 6.45) is 2.81. The highest BCUT2D eigenvalue weighted by Crippen LogP contribution is 2.34. The van der Waals surface area contributed by atoms with E-state index in [0.29, 0.717) is 16.9 Å². The lowest BCUT2D eigenvalue weighted by molar-refractivity contribution is 0.278. The van der Waals surface area contributed by atoms with Crippen molar-refractivity contribution >= 4 is 9.84 Å². The molecule has 3 heteroatoms. The van der Waals surface area contributed by atoms with Crippen LogP contribution in [-0.4, -0.2) is 19.9 Å². The van der Waals surface area contributed by atoms with Crippen LogP contribution in [0.1, 0.15) is 33.1 Å². The molecule has 1 aliphatic heterocycles. The van der Waals surface area contributed by atoms with Crippen LogP contribution < -0.4 is 0 Å². The van der Waals surface area contributed by atoms with E-state index in [1.165, 1.54) is 0 Å². The Kier molecular flexibility index (Phi) is 2.28. The molecule has 0 bridgehead atoms. The molecule has 0 aromatic rings. The van der Waals surface area contributed by atoms with Crippen molar-refractivity contribution < 1.29 is 8.42 Å². The van der Waals surface area contributed by atoms with Crippen molar-refractivity contribution in [3.63, 3.8) is 0 Å². The molecule has 0 aliphatic carbocycles. The lowest BCUT2D eigenvalue weighted by atomic mass is 9.82. The van der Waals surface area contributed by atoms with Gasteiger partial charge in [-0.2, -0.15) is 0 Å². The average Bonchev–Trinajstić information content (AvgIpc) is 1.97. The minimum absolute atomic E-state index is 0.297. The van der Waals surface area contributed by atoms with Crippen LogP contribution in [0.15, 0.2) is 0 Å². The quantitative estimate of drug-likeness (QED) is 0.608. The molecule has 0 aromatic heterocycles. The first-order valence-corrected chi connectivity index (χ1v) is 6.00. The Morgan fingerprint density at radius 1 is 1.27 bits per heavy atom. The van der Waals surface area contributed by atoms with Crippen molar-refractivity contribution in [3.05, 3.63) is 0 Å². The zero-order valence-corrected chi connectivity index (χ0v) is 8.08. The summed E-state index contributed by atoms with van der Waals surface area (Å²) in [7, 11) is -2.66. The van der Waals surface area contributed by atoms with Crippen LogP contribution in [-0.2, 0) is 9.84 Å². The Morgan fingerprint density at radius 3 is 2.09 bits per heavy atom. The topological polar surface area (TPSA) is 34.1 Å². The van der Waals surface area contributed by atoms with Crippen LogP contribution >= 0.6 is 0 Å². The zero-order valence-electron chi connectivity index (χ0n) is 7.26. The van der Waals surface area contributed by atoms with Gasteiger partial charge in [0.15, 0.2) is 0 Å². The van der Waals surface area contributed by atoms with Gasteiger partial charge >= 0.3 is 0 Å². The Balaban J connectivity index is 2.62. The molecule has 1 fully saturated rings. The summed E-state index contributed by atoms with van der Waals surface area (Å²) in [4.78, 5) is 0. The van der Waals surface area contributed by atoms with Gasteiger partial charge in [-0.25, -0.2) is 8.42 Å². The first kappa shape index (κ1) is 9.04. The molecule has 0 aromatic carbocycles. The van der Waals surface area contributed by atoms with Gasteiger partial charge in [-0.1, -0.05) is 20.3 Å². The van der Waals surface area contributed by atoms with Crippen LogP contribution in [0.4, 0.5) is 0 Å². The Hall–Kier alpha value is -0.0500. The molecule has 0 radical (unpaired) electrons. The van der Waals surface area contributed by atoms with Crippen molar-refractivity contribution in [1.29, 1.82) is 0 Å². The molecular formula is C8H16O2S. The fourth-order valence-electron chi connectivity index (χ4n) is 1.38. The third-order valence-corrected chi connectivity index (χ3v) is 4.54. The van der Waals surface area contributed by atoms with E-state index < -0.39 is 9.84 Å². The fourth-order valence-corrected chi connectivity index (χ4v) is 3.20. The highest BCUT2D eigenvalue weighted by Gasteiger charge is 2.31. The molecule has 1 saturated heterocycles. The summed E-state index contributed by atoms with van der Waals surface area (Å²) in [5.74, 6) is 0.800. The molecule has 0 amide bonds. The molecule has 0 N–H and O–H groups in total. The first-order valence-electron chi connectivity index (χ1n) is 4.18. The Morgan fingerprint density at radius 2 is 1.73 bits per heavy atom. The normalized spacial score (nSPS) is 28.2. The van der Waals surface area contributed by atoms with E-state index >= 15 is 0 Å². The van der Waals surface area contributed by atoms with Crippen molar-refractivity contribution in [2.24, 2.45) is 5.41 Å². The fraction of sp³-hybridized carbons (Fsp3) is 1.00. The monoisotopic (exact) mass is 176 g/mol.